The lowest BCUT2D eigenvalue weighted by Crippen LogP contribution is -2.22. The van der Waals surface area contributed by atoms with Crippen LogP contribution in [0.15, 0.2) is 48.5 Å². The molecule has 0 unspecified atom stereocenters. The zero-order valence-electron chi connectivity index (χ0n) is 15.3. The Labute approximate surface area is 158 Å². The largest absolute Gasteiger partial charge is 0.478 e. The number of carboxylic acids is 1. The summed E-state index contributed by atoms with van der Waals surface area (Å²) in [5, 5.41) is 11.1. The molecule has 144 valence electrons. The van der Waals surface area contributed by atoms with Gasteiger partial charge in [0.25, 0.3) is 5.91 Å². The molecule has 0 bridgehead atoms. The van der Waals surface area contributed by atoms with Crippen molar-refractivity contribution in [3.63, 3.8) is 0 Å². The van der Waals surface area contributed by atoms with E-state index in [1.807, 2.05) is 13.8 Å². The van der Waals surface area contributed by atoms with Gasteiger partial charge in [0.05, 0.1) is 5.56 Å². The molecule has 0 spiro atoms. The normalized spacial score (nSPS) is 8.85. The van der Waals surface area contributed by atoms with E-state index in [4.69, 9.17) is 10.8 Å². The van der Waals surface area contributed by atoms with E-state index in [0.29, 0.717) is 29.5 Å². The van der Waals surface area contributed by atoms with Gasteiger partial charge >= 0.3 is 5.97 Å². The van der Waals surface area contributed by atoms with Gasteiger partial charge in [-0.15, -0.1) is 0 Å². The number of nitrogens with one attached hydrogen (secondary N) is 1. The Hall–Kier alpha value is -3.32. The summed E-state index contributed by atoms with van der Waals surface area (Å²) in [6.45, 7) is 5.12. The van der Waals surface area contributed by atoms with Crippen LogP contribution in [0.5, 0.6) is 0 Å². The average molecular weight is 372 g/mol. The molecule has 2 aromatic carbocycles. The second-order valence-corrected chi connectivity index (χ2v) is 5.05. The van der Waals surface area contributed by atoms with Crippen LogP contribution >= 0.6 is 0 Å². The van der Waals surface area contributed by atoms with Gasteiger partial charge in [0.15, 0.2) is 0 Å². The molecule has 7 heteroatoms. The van der Waals surface area contributed by atoms with E-state index in [9.17, 15) is 19.2 Å². The summed E-state index contributed by atoms with van der Waals surface area (Å²) < 4.78 is 0. The summed E-state index contributed by atoms with van der Waals surface area (Å²) in [6, 6.07) is 12.2. The van der Waals surface area contributed by atoms with Gasteiger partial charge in [0, 0.05) is 23.2 Å². The Balaban J connectivity index is 0.000000442. The third-order valence-electron chi connectivity index (χ3n) is 2.94. The molecule has 2 rings (SSSR count). The average Bonchev–Trinajstić information content (AvgIpc) is 2.69. The third-order valence-corrected chi connectivity index (χ3v) is 2.94. The van der Waals surface area contributed by atoms with E-state index in [1.54, 1.807) is 24.3 Å². The van der Waals surface area contributed by atoms with Crippen molar-refractivity contribution in [3.05, 3.63) is 70.8 Å². The lowest BCUT2D eigenvalue weighted by atomic mass is 10.1. The van der Waals surface area contributed by atoms with Gasteiger partial charge in [-0.1, -0.05) is 31.2 Å². The predicted octanol–water partition coefficient (Wildman–Crippen LogP) is 2.41. The first-order valence-corrected chi connectivity index (χ1v) is 8.25. The first kappa shape index (κ1) is 23.7. The van der Waals surface area contributed by atoms with E-state index in [2.05, 4.69) is 5.32 Å². The number of aromatic carboxylic acids is 1. The number of rotatable bonds is 5. The van der Waals surface area contributed by atoms with Crippen molar-refractivity contribution in [2.24, 2.45) is 5.73 Å². The summed E-state index contributed by atoms with van der Waals surface area (Å²) >= 11 is 0. The van der Waals surface area contributed by atoms with Gasteiger partial charge in [-0.3, -0.25) is 14.4 Å². The minimum absolute atomic E-state index is 0.111. The van der Waals surface area contributed by atoms with Crippen molar-refractivity contribution in [1.82, 2.24) is 5.32 Å². The maximum atomic E-state index is 11.2. The van der Waals surface area contributed by atoms with Gasteiger partial charge in [0.1, 0.15) is 12.6 Å². The summed E-state index contributed by atoms with van der Waals surface area (Å²) in [5.74, 6) is -1.10. The van der Waals surface area contributed by atoms with Crippen molar-refractivity contribution in [2.75, 3.05) is 13.1 Å². The van der Waals surface area contributed by atoms with Crippen molar-refractivity contribution in [3.8, 4) is 0 Å². The van der Waals surface area contributed by atoms with Gasteiger partial charge in [-0.25, -0.2) is 4.79 Å². The smallest absolute Gasteiger partial charge is 0.335 e. The molecule has 27 heavy (non-hydrogen) atoms. The Bertz CT molecular complexity index is 725. The molecule has 0 radical (unpaired) electrons. The van der Waals surface area contributed by atoms with Crippen molar-refractivity contribution in [1.29, 1.82) is 0 Å². The molecule has 0 saturated carbocycles. The number of benzene rings is 2. The third kappa shape index (κ3) is 9.66. The zero-order valence-corrected chi connectivity index (χ0v) is 15.3. The molecule has 7 nitrogen and oxygen atoms in total. The number of hydrogen-bond acceptors (Lipinski definition) is 5. The quantitative estimate of drug-likeness (QED) is 0.692. The van der Waals surface area contributed by atoms with Crippen LogP contribution in [0.1, 0.15) is 55.3 Å². The fourth-order valence-corrected chi connectivity index (χ4v) is 1.68. The molecule has 2 aromatic rings. The van der Waals surface area contributed by atoms with E-state index in [-0.39, 0.29) is 11.5 Å². The molecule has 0 saturated heterocycles. The standard InChI is InChI=1S/C10H11NO2.C8H6O3.C2H7N/c1-2-11-10(13)9-5-3-8(7-12)4-6-9;9-5-6-1-3-7(4-2-6)8(10)11;1-2-3/h3-7H,2H2,1H3,(H,11,13);1-5H,(H,10,11);2-3H2,1H3. The lowest BCUT2D eigenvalue weighted by molar-refractivity contribution is 0.0696. The predicted molar refractivity (Wildman–Crippen MR) is 103 cm³/mol. The van der Waals surface area contributed by atoms with Crippen molar-refractivity contribution in [2.45, 2.75) is 13.8 Å². The van der Waals surface area contributed by atoms with Gasteiger partial charge in [-0.2, -0.15) is 0 Å². The summed E-state index contributed by atoms with van der Waals surface area (Å²) in [5.41, 5.74) is 6.67. The highest BCUT2D eigenvalue weighted by Gasteiger charge is 2.02. The van der Waals surface area contributed by atoms with Crippen LogP contribution < -0.4 is 11.1 Å². The SMILES string of the molecule is CCN.CCNC(=O)c1ccc(C=O)cc1.O=Cc1ccc(C(=O)O)cc1. The second kappa shape index (κ2) is 13.9. The number of aldehydes is 2. The molecular formula is C20H24N2O5. The van der Waals surface area contributed by atoms with Crippen LogP contribution in [0.4, 0.5) is 0 Å². The van der Waals surface area contributed by atoms with Crippen LogP contribution in [0.2, 0.25) is 0 Å². The lowest BCUT2D eigenvalue weighted by Gasteiger charge is -2.01. The number of carbonyl (C=O) groups is 4. The maximum Gasteiger partial charge on any atom is 0.335 e. The molecule has 4 N–H and O–H groups in total. The van der Waals surface area contributed by atoms with E-state index in [1.165, 1.54) is 24.3 Å². The van der Waals surface area contributed by atoms with Crippen LogP contribution in [0, 0.1) is 0 Å². The number of hydrogen-bond donors (Lipinski definition) is 3. The van der Waals surface area contributed by atoms with E-state index < -0.39 is 5.97 Å². The first-order valence-electron chi connectivity index (χ1n) is 8.25. The molecule has 0 aliphatic carbocycles. The first-order chi connectivity index (χ1) is 12.9. The molecule has 0 atom stereocenters. The van der Waals surface area contributed by atoms with Crippen LogP contribution in [-0.4, -0.2) is 42.6 Å². The fourth-order valence-electron chi connectivity index (χ4n) is 1.68. The van der Waals surface area contributed by atoms with E-state index >= 15 is 0 Å². The van der Waals surface area contributed by atoms with Crippen LogP contribution in [0.25, 0.3) is 0 Å². The van der Waals surface area contributed by atoms with Gasteiger partial charge in [-0.05, 0) is 37.7 Å². The Morgan fingerprint density at radius 2 is 1.26 bits per heavy atom. The fraction of sp³-hybridized carbons (Fsp3) is 0.200. The van der Waals surface area contributed by atoms with Crippen LogP contribution in [-0.2, 0) is 0 Å². The summed E-state index contributed by atoms with van der Waals surface area (Å²) in [4.78, 5) is 42.0. The molecule has 1 amide bonds. The van der Waals surface area contributed by atoms with Gasteiger partial charge in [0.2, 0.25) is 0 Å². The summed E-state index contributed by atoms with van der Waals surface area (Å²) in [7, 11) is 0. The Morgan fingerprint density at radius 3 is 1.56 bits per heavy atom. The molecule has 0 aliphatic rings. The highest BCUT2D eigenvalue weighted by atomic mass is 16.4. The monoisotopic (exact) mass is 372 g/mol. The van der Waals surface area contributed by atoms with Crippen molar-refractivity contribution >= 4 is 24.4 Å². The maximum absolute atomic E-state index is 11.2. The minimum Gasteiger partial charge on any atom is -0.478 e. The molecule has 0 fully saturated rings. The van der Waals surface area contributed by atoms with Crippen LogP contribution in [0.3, 0.4) is 0 Å². The molecular weight excluding hydrogens is 348 g/mol. The topological polar surface area (TPSA) is 127 Å². The van der Waals surface area contributed by atoms with E-state index in [0.717, 1.165) is 12.8 Å². The minimum atomic E-state index is -0.984. The Kier molecular flexibility index (Phi) is 12.2. The number of carboxylic acid groups (broad SMARTS) is 1. The van der Waals surface area contributed by atoms with Gasteiger partial charge < -0.3 is 16.2 Å². The molecule has 0 aliphatic heterocycles. The second-order valence-electron chi connectivity index (χ2n) is 5.05. The highest BCUT2D eigenvalue weighted by molar-refractivity contribution is 5.94. The molecule has 0 heterocycles. The van der Waals surface area contributed by atoms with Crippen molar-refractivity contribution < 1.29 is 24.3 Å². The summed E-state index contributed by atoms with van der Waals surface area (Å²) in [6.07, 6.45) is 1.42. The number of amides is 1. The zero-order chi connectivity index (χ0) is 20.7. The highest BCUT2D eigenvalue weighted by Crippen LogP contribution is 2.02. The number of carbonyl (C=O) groups excluding carboxylic acids is 3. The Morgan fingerprint density at radius 1 is 0.889 bits per heavy atom. The molecule has 0 aromatic heterocycles. The number of nitrogens with two attached hydrogens (primary N) is 1.